The fourth-order valence-corrected chi connectivity index (χ4v) is 4.40. The van der Waals surface area contributed by atoms with Crippen LogP contribution in [0.2, 0.25) is 0 Å². The minimum Gasteiger partial charge on any atom is -0.369 e. The summed E-state index contributed by atoms with van der Waals surface area (Å²) in [7, 11) is 0. The lowest BCUT2D eigenvalue weighted by atomic mass is 9.82. The van der Waals surface area contributed by atoms with Crippen LogP contribution in [0.1, 0.15) is 55.8 Å². The Labute approximate surface area is 183 Å². The third-order valence-corrected chi connectivity index (χ3v) is 6.32. The summed E-state index contributed by atoms with van der Waals surface area (Å²) in [5, 5.41) is 5.96. The number of carbonyl (C=O) groups is 3. The molecule has 170 valence electrons. The molecule has 1 saturated heterocycles. The molecule has 0 aromatic heterocycles. The van der Waals surface area contributed by atoms with E-state index < -0.39 is 24.2 Å². The fraction of sp³-hybridized carbons (Fsp3) is 0.591. The SMILES string of the molecule is NC(=O)CN[C@@H](C(=O)N1CC[C@H]1C(=O)NCc1ccc(C(N)N)cc1)C1CCCCC1. The maximum atomic E-state index is 13.2. The lowest BCUT2D eigenvalue weighted by molar-refractivity contribution is -0.150. The Morgan fingerprint density at radius 2 is 1.71 bits per heavy atom. The monoisotopic (exact) mass is 430 g/mol. The maximum absolute atomic E-state index is 13.2. The van der Waals surface area contributed by atoms with E-state index in [1.165, 1.54) is 6.42 Å². The summed E-state index contributed by atoms with van der Waals surface area (Å²) in [4.78, 5) is 38.8. The smallest absolute Gasteiger partial charge is 0.243 e. The van der Waals surface area contributed by atoms with E-state index in [-0.39, 0.29) is 24.3 Å². The number of nitrogens with zero attached hydrogens (tertiary/aromatic N) is 1. The molecular weight excluding hydrogens is 396 g/mol. The van der Waals surface area contributed by atoms with Gasteiger partial charge in [-0.15, -0.1) is 0 Å². The van der Waals surface area contributed by atoms with Crippen LogP contribution in [0.3, 0.4) is 0 Å². The van der Waals surface area contributed by atoms with Gasteiger partial charge in [0.2, 0.25) is 17.7 Å². The third kappa shape index (κ3) is 6.03. The van der Waals surface area contributed by atoms with Gasteiger partial charge in [0.15, 0.2) is 0 Å². The van der Waals surface area contributed by atoms with Crippen molar-refractivity contribution >= 4 is 17.7 Å². The molecule has 1 aliphatic carbocycles. The summed E-state index contributed by atoms with van der Waals surface area (Å²) >= 11 is 0. The number of hydrogen-bond donors (Lipinski definition) is 5. The second-order valence-corrected chi connectivity index (χ2v) is 8.54. The molecule has 1 heterocycles. The predicted octanol–water partition coefficient (Wildman–Crippen LogP) is -0.156. The minimum absolute atomic E-state index is 0.0416. The first-order valence-electron chi connectivity index (χ1n) is 11.1. The van der Waals surface area contributed by atoms with Crippen LogP contribution in [-0.4, -0.2) is 47.8 Å². The number of nitrogens with one attached hydrogen (secondary N) is 2. The molecule has 2 fully saturated rings. The van der Waals surface area contributed by atoms with Gasteiger partial charge in [-0.05, 0) is 36.3 Å². The molecule has 31 heavy (non-hydrogen) atoms. The summed E-state index contributed by atoms with van der Waals surface area (Å²) in [6, 6.07) is 6.47. The molecule has 2 atom stereocenters. The lowest BCUT2D eigenvalue weighted by Crippen LogP contribution is -2.63. The van der Waals surface area contributed by atoms with Gasteiger partial charge in [0.1, 0.15) is 6.04 Å². The van der Waals surface area contributed by atoms with Crippen LogP contribution >= 0.6 is 0 Å². The van der Waals surface area contributed by atoms with E-state index >= 15 is 0 Å². The zero-order valence-corrected chi connectivity index (χ0v) is 17.9. The van der Waals surface area contributed by atoms with Gasteiger partial charge >= 0.3 is 0 Å². The number of likely N-dealkylation sites (tertiary alicyclic amines) is 1. The van der Waals surface area contributed by atoms with E-state index in [1.54, 1.807) is 4.90 Å². The minimum atomic E-state index is -0.529. The van der Waals surface area contributed by atoms with Crippen LogP contribution in [0, 0.1) is 5.92 Å². The zero-order valence-electron chi connectivity index (χ0n) is 17.9. The number of carbonyl (C=O) groups excluding carboxylic acids is 3. The van der Waals surface area contributed by atoms with Gasteiger partial charge in [-0.3, -0.25) is 19.7 Å². The highest BCUT2D eigenvalue weighted by Crippen LogP contribution is 2.29. The summed E-state index contributed by atoms with van der Waals surface area (Å²) in [6.07, 6.45) is 5.30. The highest BCUT2D eigenvalue weighted by atomic mass is 16.2. The molecule has 2 aliphatic rings. The van der Waals surface area contributed by atoms with Crippen LogP contribution in [0.5, 0.6) is 0 Å². The van der Waals surface area contributed by atoms with Gasteiger partial charge in [-0.25, -0.2) is 0 Å². The van der Waals surface area contributed by atoms with Crippen molar-refractivity contribution < 1.29 is 14.4 Å². The van der Waals surface area contributed by atoms with Crippen LogP contribution in [0.15, 0.2) is 24.3 Å². The van der Waals surface area contributed by atoms with Crippen molar-refractivity contribution in [2.75, 3.05) is 13.1 Å². The summed E-state index contributed by atoms with van der Waals surface area (Å²) in [6.45, 7) is 0.866. The molecule has 1 saturated carbocycles. The van der Waals surface area contributed by atoms with Gasteiger partial charge in [0.25, 0.3) is 0 Å². The molecule has 1 aromatic rings. The highest BCUT2D eigenvalue weighted by Gasteiger charge is 2.42. The number of rotatable bonds is 9. The average molecular weight is 431 g/mol. The topological polar surface area (TPSA) is 157 Å². The van der Waals surface area contributed by atoms with Crippen LogP contribution < -0.4 is 27.8 Å². The molecule has 0 bridgehead atoms. The van der Waals surface area contributed by atoms with Crippen LogP contribution in [0.4, 0.5) is 0 Å². The van der Waals surface area contributed by atoms with Gasteiger partial charge in [-0.2, -0.15) is 0 Å². The molecule has 3 amide bonds. The van der Waals surface area contributed by atoms with Crippen molar-refractivity contribution in [2.24, 2.45) is 23.1 Å². The van der Waals surface area contributed by atoms with E-state index in [1.807, 2.05) is 24.3 Å². The Balaban J connectivity index is 1.57. The van der Waals surface area contributed by atoms with Crippen molar-refractivity contribution in [1.82, 2.24) is 15.5 Å². The van der Waals surface area contributed by atoms with Crippen molar-refractivity contribution in [3.8, 4) is 0 Å². The van der Waals surface area contributed by atoms with E-state index in [2.05, 4.69) is 10.6 Å². The van der Waals surface area contributed by atoms with Crippen molar-refractivity contribution in [3.05, 3.63) is 35.4 Å². The molecule has 1 aromatic carbocycles. The average Bonchev–Trinajstić information content (AvgIpc) is 2.72. The number of primary amides is 1. The zero-order chi connectivity index (χ0) is 22.4. The number of benzene rings is 1. The quantitative estimate of drug-likeness (QED) is 0.343. The van der Waals surface area contributed by atoms with Crippen molar-refractivity contribution in [2.45, 2.75) is 63.3 Å². The second-order valence-electron chi connectivity index (χ2n) is 8.54. The standard InChI is InChI=1S/C22H34N6O3/c23-18(29)13-26-19(15-4-2-1-3-5-15)22(31)28-11-10-17(28)21(30)27-12-14-6-8-16(9-7-14)20(24)25/h6-9,15,17,19-20,26H,1-5,10-13,24-25H2,(H2,23,29)(H,27,30)/t17-,19+/m0/s1. The number of nitrogens with two attached hydrogens (primary N) is 3. The molecule has 8 N–H and O–H groups in total. The summed E-state index contributed by atoms with van der Waals surface area (Å²) in [5.41, 5.74) is 18.3. The largest absolute Gasteiger partial charge is 0.369 e. The van der Waals surface area contributed by atoms with Crippen LogP contribution in [-0.2, 0) is 20.9 Å². The Hall–Kier alpha value is -2.49. The lowest BCUT2D eigenvalue weighted by Gasteiger charge is -2.43. The highest BCUT2D eigenvalue weighted by molar-refractivity contribution is 5.92. The van der Waals surface area contributed by atoms with Crippen LogP contribution in [0.25, 0.3) is 0 Å². The molecule has 1 aliphatic heterocycles. The molecule has 9 nitrogen and oxygen atoms in total. The van der Waals surface area contributed by atoms with Gasteiger partial charge in [0, 0.05) is 13.1 Å². The first-order chi connectivity index (χ1) is 14.9. The van der Waals surface area contributed by atoms with Crippen molar-refractivity contribution in [3.63, 3.8) is 0 Å². The predicted molar refractivity (Wildman–Crippen MR) is 117 cm³/mol. The summed E-state index contributed by atoms with van der Waals surface area (Å²) in [5.74, 6) is -0.609. The van der Waals surface area contributed by atoms with Gasteiger partial charge < -0.3 is 27.4 Å². The Bertz CT molecular complexity index is 776. The molecule has 9 heteroatoms. The van der Waals surface area contributed by atoms with E-state index in [4.69, 9.17) is 17.2 Å². The number of hydrogen-bond acceptors (Lipinski definition) is 6. The van der Waals surface area contributed by atoms with E-state index in [0.29, 0.717) is 19.5 Å². The first kappa shape index (κ1) is 23.2. The molecule has 0 unspecified atom stereocenters. The molecule has 0 radical (unpaired) electrons. The maximum Gasteiger partial charge on any atom is 0.243 e. The van der Waals surface area contributed by atoms with Gasteiger partial charge in [-0.1, -0.05) is 43.5 Å². The van der Waals surface area contributed by atoms with Gasteiger partial charge in [0.05, 0.1) is 18.8 Å². The Morgan fingerprint density at radius 1 is 1.03 bits per heavy atom. The fourth-order valence-electron chi connectivity index (χ4n) is 4.40. The Morgan fingerprint density at radius 3 is 2.26 bits per heavy atom. The second kappa shape index (κ2) is 10.7. The first-order valence-corrected chi connectivity index (χ1v) is 11.1. The van der Waals surface area contributed by atoms with Crippen molar-refractivity contribution in [1.29, 1.82) is 0 Å². The van der Waals surface area contributed by atoms with E-state index in [9.17, 15) is 14.4 Å². The summed E-state index contributed by atoms with van der Waals surface area (Å²) < 4.78 is 0. The number of amides is 3. The third-order valence-electron chi connectivity index (χ3n) is 6.32. The molecule has 0 spiro atoms. The Kier molecular flexibility index (Phi) is 8.00. The molecule has 3 rings (SSSR count). The normalized spacial score (nSPS) is 20.2. The van der Waals surface area contributed by atoms with E-state index in [0.717, 1.165) is 36.8 Å². The molecular formula is C22H34N6O3.